The number of para-hydroxylation sites is 2. The number of benzene rings is 1. The lowest BCUT2D eigenvalue weighted by molar-refractivity contribution is -0.384. The van der Waals surface area contributed by atoms with E-state index in [2.05, 4.69) is 16.7 Å². The fourth-order valence-corrected chi connectivity index (χ4v) is 2.06. The Morgan fingerprint density at radius 1 is 1.38 bits per heavy atom. The van der Waals surface area contributed by atoms with Gasteiger partial charge in [-0.05, 0) is 20.0 Å². The van der Waals surface area contributed by atoms with Crippen molar-refractivity contribution in [2.75, 3.05) is 25.0 Å². The average molecular weight is 221 g/mol. The van der Waals surface area contributed by atoms with E-state index in [0.717, 1.165) is 13.1 Å². The van der Waals surface area contributed by atoms with E-state index in [-0.39, 0.29) is 16.8 Å². The van der Waals surface area contributed by atoms with Crippen LogP contribution in [0.4, 0.5) is 11.4 Å². The summed E-state index contributed by atoms with van der Waals surface area (Å²) in [6.07, 6.45) is 0.209. The van der Waals surface area contributed by atoms with Gasteiger partial charge in [-0.2, -0.15) is 0 Å². The Balaban J connectivity index is 2.37. The maximum atomic E-state index is 10.9. The molecule has 1 unspecified atom stereocenters. The number of rotatable bonds is 2. The van der Waals surface area contributed by atoms with Crippen LogP contribution in [0.2, 0.25) is 0 Å². The summed E-state index contributed by atoms with van der Waals surface area (Å²) in [6, 6.07) is 6.91. The summed E-state index contributed by atoms with van der Waals surface area (Å²) in [7, 11) is 2.03. The highest BCUT2D eigenvalue weighted by Gasteiger charge is 2.29. The van der Waals surface area contributed by atoms with Crippen molar-refractivity contribution < 1.29 is 4.92 Å². The highest BCUT2D eigenvalue weighted by molar-refractivity contribution is 5.63. The molecule has 1 aliphatic rings. The minimum atomic E-state index is -0.319. The van der Waals surface area contributed by atoms with Crippen LogP contribution in [0.5, 0.6) is 0 Å². The van der Waals surface area contributed by atoms with Gasteiger partial charge in [0.1, 0.15) is 5.69 Å². The summed E-state index contributed by atoms with van der Waals surface area (Å²) in [6.45, 7) is 3.83. The molecule has 0 spiro atoms. The van der Waals surface area contributed by atoms with Crippen LogP contribution in [-0.2, 0) is 0 Å². The first kappa shape index (κ1) is 10.9. The van der Waals surface area contributed by atoms with Gasteiger partial charge in [-0.15, -0.1) is 0 Å². The molecule has 1 aromatic rings. The predicted octanol–water partition coefficient (Wildman–Crippen LogP) is 1.69. The number of hydrogen-bond acceptors (Lipinski definition) is 4. The van der Waals surface area contributed by atoms with Gasteiger partial charge in [0.2, 0.25) is 0 Å². The van der Waals surface area contributed by atoms with E-state index < -0.39 is 0 Å². The third kappa shape index (κ3) is 1.74. The minimum Gasteiger partial charge on any atom is -0.349 e. The molecule has 0 bridgehead atoms. The van der Waals surface area contributed by atoms with E-state index in [1.54, 1.807) is 12.1 Å². The van der Waals surface area contributed by atoms with E-state index in [1.165, 1.54) is 0 Å². The van der Waals surface area contributed by atoms with Crippen LogP contribution in [0.25, 0.3) is 0 Å². The van der Waals surface area contributed by atoms with Crippen molar-refractivity contribution in [3.8, 4) is 0 Å². The molecule has 1 fully saturated rings. The molecule has 0 aliphatic carbocycles. The Kier molecular flexibility index (Phi) is 2.78. The van der Waals surface area contributed by atoms with Crippen LogP contribution in [0.1, 0.15) is 6.92 Å². The maximum absolute atomic E-state index is 10.9. The Bertz CT molecular complexity index is 408. The Labute approximate surface area is 94.4 Å². The standard InChI is InChI=1S/C11H15N3O2/c1-9-12(2)7-8-13(9)10-5-3-4-6-11(10)14(15)16/h3-6,9H,7-8H2,1-2H3. The second kappa shape index (κ2) is 4.09. The first-order chi connectivity index (χ1) is 7.61. The van der Waals surface area contributed by atoms with Crippen molar-refractivity contribution >= 4 is 11.4 Å². The van der Waals surface area contributed by atoms with Gasteiger partial charge in [-0.3, -0.25) is 15.0 Å². The number of nitro benzene ring substituents is 1. The second-order valence-corrected chi connectivity index (χ2v) is 4.05. The number of nitro groups is 1. The van der Waals surface area contributed by atoms with Gasteiger partial charge in [0, 0.05) is 19.2 Å². The third-order valence-electron chi connectivity index (χ3n) is 3.17. The molecule has 5 heteroatoms. The molecule has 1 saturated heterocycles. The normalized spacial score (nSPS) is 21.4. The fourth-order valence-electron chi connectivity index (χ4n) is 2.06. The van der Waals surface area contributed by atoms with Crippen LogP contribution in [0, 0.1) is 10.1 Å². The first-order valence-electron chi connectivity index (χ1n) is 5.31. The molecule has 1 aromatic carbocycles. The molecule has 1 atom stereocenters. The minimum absolute atomic E-state index is 0.185. The van der Waals surface area contributed by atoms with Gasteiger partial charge in [0.25, 0.3) is 5.69 Å². The van der Waals surface area contributed by atoms with E-state index in [9.17, 15) is 10.1 Å². The van der Waals surface area contributed by atoms with Crippen LogP contribution in [0.15, 0.2) is 24.3 Å². The van der Waals surface area contributed by atoms with Gasteiger partial charge < -0.3 is 4.90 Å². The SMILES string of the molecule is CC1N(C)CCN1c1ccccc1[N+](=O)[O-]. The molecular weight excluding hydrogens is 206 g/mol. The highest BCUT2D eigenvalue weighted by Crippen LogP contribution is 2.31. The van der Waals surface area contributed by atoms with Crippen molar-refractivity contribution in [1.29, 1.82) is 0 Å². The molecule has 0 radical (unpaired) electrons. The molecule has 1 heterocycles. The molecular formula is C11H15N3O2. The summed E-state index contributed by atoms with van der Waals surface area (Å²) in [5.74, 6) is 0. The topological polar surface area (TPSA) is 49.6 Å². The quantitative estimate of drug-likeness (QED) is 0.563. The van der Waals surface area contributed by atoms with Crippen LogP contribution < -0.4 is 4.90 Å². The van der Waals surface area contributed by atoms with Crippen molar-refractivity contribution in [2.45, 2.75) is 13.1 Å². The van der Waals surface area contributed by atoms with Crippen LogP contribution in [0.3, 0.4) is 0 Å². The van der Waals surface area contributed by atoms with E-state index in [0.29, 0.717) is 5.69 Å². The van der Waals surface area contributed by atoms with Gasteiger partial charge in [-0.25, -0.2) is 0 Å². The number of anilines is 1. The largest absolute Gasteiger partial charge is 0.349 e. The van der Waals surface area contributed by atoms with E-state index >= 15 is 0 Å². The fraction of sp³-hybridized carbons (Fsp3) is 0.455. The summed E-state index contributed by atoms with van der Waals surface area (Å²) in [5, 5.41) is 10.9. The van der Waals surface area contributed by atoms with Gasteiger partial charge in [0.15, 0.2) is 0 Å². The van der Waals surface area contributed by atoms with Crippen LogP contribution >= 0.6 is 0 Å². The van der Waals surface area contributed by atoms with E-state index in [4.69, 9.17) is 0 Å². The monoisotopic (exact) mass is 221 g/mol. The summed E-state index contributed by atoms with van der Waals surface area (Å²) >= 11 is 0. The Morgan fingerprint density at radius 2 is 2.06 bits per heavy atom. The van der Waals surface area contributed by atoms with Crippen molar-refractivity contribution in [3.05, 3.63) is 34.4 Å². The molecule has 0 amide bonds. The Hall–Kier alpha value is -1.62. The van der Waals surface area contributed by atoms with Crippen molar-refractivity contribution in [2.24, 2.45) is 0 Å². The smallest absolute Gasteiger partial charge is 0.292 e. The molecule has 1 aliphatic heterocycles. The first-order valence-corrected chi connectivity index (χ1v) is 5.31. The maximum Gasteiger partial charge on any atom is 0.292 e. The van der Waals surface area contributed by atoms with E-state index in [1.807, 2.05) is 19.2 Å². The zero-order chi connectivity index (χ0) is 11.7. The third-order valence-corrected chi connectivity index (χ3v) is 3.17. The lowest BCUT2D eigenvalue weighted by atomic mass is 10.2. The zero-order valence-corrected chi connectivity index (χ0v) is 9.46. The van der Waals surface area contributed by atoms with Gasteiger partial charge in [0.05, 0.1) is 11.1 Å². The van der Waals surface area contributed by atoms with Crippen LogP contribution in [-0.4, -0.2) is 36.1 Å². The number of likely N-dealkylation sites (N-methyl/N-ethyl adjacent to an activating group) is 1. The lowest BCUT2D eigenvalue weighted by Gasteiger charge is -2.25. The number of hydrogen-bond donors (Lipinski definition) is 0. The summed E-state index contributed by atoms with van der Waals surface area (Å²) in [5.41, 5.74) is 0.897. The molecule has 0 aromatic heterocycles. The highest BCUT2D eigenvalue weighted by atomic mass is 16.6. The molecule has 0 N–H and O–H groups in total. The second-order valence-electron chi connectivity index (χ2n) is 4.05. The molecule has 0 saturated carbocycles. The molecule has 86 valence electrons. The number of nitrogens with zero attached hydrogens (tertiary/aromatic N) is 3. The van der Waals surface area contributed by atoms with Gasteiger partial charge in [-0.1, -0.05) is 12.1 Å². The summed E-state index contributed by atoms with van der Waals surface area (Å²) in [4.78, 5) is 14.9. The molecule has 2 rings (SSSR count). The van der Waals surface area contributed by atoms with Crippen molar-refractivity contribution in [1.82, 2.24) is 4.90 Å². The molecule has 5 nitrogen and oxygen atoms in total. The average Bonchev–Trinajstić information content (AvgIpc) is 2.60. The zero-order valence-electron chi connectivity index (χ0n) is 9.46. The Morgan fingerprint density at radius 3 is 2.62 bits per heavy atom. The van der Waals surface area contributed by atoms with Crippen molar-refractivity contribution in [3.63, 3.8) is 0 Å². The molecule has 16 heavy (non-hydrogen) atoms. The predicted molar refractivity (Wildman–Crippen MR) is 62.5 cm³/mol. The lowest BCUT2D eigenvalue weighted by Crippen LogP contribution is -2.34. The summed E-state index contributed by atoms with van der Waals surface area (Å²) < 4.78 is 0. The van der Waals surface area contributed by atoms with Gasteiger partial charge >= 0.3 is 0 Å².